The van der Waals surface area contributed by atoms with Crippen molar-refractivity contribution in [3.8, 4) is 0 Å². The zero-order valence-electron chi connectivity index (χ0n) is 5.16. The first kappa shape index (κ1) is 7.74. The second-order valence-electron chi connectivity index (χ2n) is 1.14. The first-order valence-electron chi connectivity index (χ1n) is 2.14. The molecule has 0 unspecified atom stereocenters. The Bertz CT molecular complexity index is 125. The Kier molecular flexibility index (Phi) is 3.19. The highest BCUT2D eigenvalue weighted by Crippen LogP contribution is 1.93. The van der Waals surface area contributed by atoms with Gasteiger partial charge in [-0.05, 0) is 0 Å². The maximum absolute atomic E-state index is 9.70. The zero-order valence-corrected chi connectivity index (χ0v) is 5.16. The van der Waals surface area contributed by atoms with Crippen LogP contribution in [0, 0.1) is 10.1 Å². The first-order chi connectivity index (χ1) is 4.20. The van der Waals surface area contributed by atoms with Crippen molar-refractivity contribution >= 4 is 0 Å². The Hall–Kier alpha value is -1.26. The van der Waals surface area contributed by atoms with Gasteiger partial charge in [-0.1, -0.05) is 0 Å². The molecule has 0 rings (SSSR count). The number of nitrogens with zero attached hydrogens (tertiary/aromatic N) is 1. The molecule has 0 saturated heterocycles. The molecule has 0 spiro atoms. The molecule has 0 saturated carbocycles. The van der Waals surface area contributed by atoms with Gasteiger partial charge in [-0.3, -0.25) is 10.1 Å². The van der Waals surface area contributed by atoms with Crippen LogP contribution in [0.3, 0.4) is 0 Å². The smallest absolute Gasteiger partial charge is 0.352 e. The molecule has 0 amide bonds. The van der Waals surface area contributed by atoms with Gasteiger partial charge < -0.3 is 9.47 Å². The first-order valence-corrected chi connectivity index (χ1v) is 2.14. The van der Waals surface area contributed by atoms with Crippen LogP contribution >= 0.6 is 0 Å². The van der Waals surface area contributed by atoms with Gasteiger partial charge in [-0.15, -0.1) is 0 Å². The van der Waals surface area contributed by atoms with E-state index < -0.39 is 4.92 Å². The molecule has 0 bridgehead atoms. The maximum atomic E-state index is 9.70. The minimum Gasteiger partial charge on any atom is -0.464 e. The van der Waals surface area contributed by atoms with Crippen molar-refractivity contribution in [3.05, 3.63) is 22.3 Å². The lowest BCUT2D eigenvalue weighted by Gasteiger charge is -1.97. The third kappa shape index (κ3) is 3.33. The van der Waals surface area contributed by atoms with Gasteiger partial charge in [0.2, 0.25) is 0 Å². The molecule has 0 fully saturated rings. The minimum atomic E-state index is -0.650. The fourth-order valence-electron chi connectivity index (χ4n) is 0.275. The van der Waals surface area contributed by atoms with Crippen LogP contribution in [0.1, 0.15) is 0 Å². The van der Waals surface area contributed by atoms with Crippen LogP contribution in [0.15, 0.2) is 12.1 Å². The van der Waals surface area contributed by atoms with E-state index in [-0.39, 0.29) is 5.95 Å². The fraction of sp³-hybridized carbons (Fsp3) is 0.500. The largest absolute Gasteiger partial charge is 0.464 e. The molecule has 0 aliphatic rings. The molecular formula is C4H7NO4. The van der Waals surface area contributed by atoms with Gasteiger partial charge in [0.1, 0.15) is 0 Å². The molecule has 0 aliphatic heterocycles. The fourth-order valence-corrected chi connectivity index (χ4v) is 0.275. The van der Waals surface area contributed by atoms with Gasteiger partial charge in [0.15, 0.2) is 0 Å². The lowest BCUT2D eigenvalue weighted by Crippen LogP contribution is -1.94. The quantitative estimate of drug-likeness (QED) is 0.316. The molecule has 0 aromatic heterocycles. The number of ether oxygens (including phenoxy) is 2. The Balaban J connectivity index is 3.91. The van der Waals surface area contributed by atoms with Gasteiger partial charge in [0.25, 0.3) is 0 Å². The average molecular weight is 133 g/mol. The molecule has 0 heterocycles. The molecule has 0 radical (unpaired) electrons. The van der Waals surface area contributed by atoms with E-state index in [2.05, 4.69) is 9.47 Å². The van der Waals surface area contributed by atoms with E-state index in [1.54, 1.807) is 0 Å². The molecular weight excluding hydrogens is 126 g/mol. The molecule has 5 heteroatoms. The maximum Gasteiger partial charge on any atom is 0.352 e. The van der Waals surface area contributed by atoms with Gasteiger partial charge in [-0.2, -0.15) is 0 Å². The third-order valence-corrected chi connectivity index (χ3v) is 0.613. The summed E-state index contributed by atoms with van der Waals surface area (Å²) in [6.07, 6.45) is 0.639. The number of hydrogen-bond acceptors (Lipinski definition) is 4. The van der Waals surface area contributed by atoms with Crippen molar-refractivity contribution in [2.24, 2.45) is 0 Å². The molecule has 0 aromatic rings. The van der Waals surface area contributed by atoms with E-state index >= 15 is 0 Å². The summed E-state index contributed by atoms with van der Waals surface area (Å²) in [7, 11) is 2.58. The van der Waals surface area contributed by atoms with Crippen LogP contribution in [-0.4, -0.2) is 19.1 Å². The number of methoxy groups -OCH3 is 2. The van der Waals surface area contributed by atoms with Crippen LogP contribution in [0.5, 0.6) is 0 Å². The van der Waals surface area contributed by atoms with Crippen LogP contribution in [0.4, 0.5) is 0 Å². The van der Waals surface area contributed by atoms with E-state index in [1.807, 2.05) is 0 Å². The van der Waals surface area contributed by atoms with Crippen LogP contribution in [0.25, 0.3) is 0 Å². The van der Waals surface area contributed by atoms with Crippen molar-refractivity contribution < 1.29 is 14.4 Å². The summed E-state index contributed by atoms with van der Waals surface area (Å²) in [5.74, 6) is -0.111. The normalized spacial score (nSPS) is 7.78. The topological polar surface area (TPSA) is 61.6 Å². The standard InChI is InChI=1S/C4H7NO4/c1-8-4(9-2)3-5(6)7/h3H,1-2H3. The predicted molar refractivity (Wildman–Crippen MR) is 29.1 cm³/mol. The summed E-state index contributed by atoms with van der Waals surface area (Å²) in [5.41, 5.74) is 0. The summed E-state index contributed by atoms with van der Waals surface area (Å²) in [6, 6.07) is 0. The SMILES string of the molecule is COC(=C[N+](=O)[O-])OC. The van der Waals surface area contributed by atoms with E-state index in [0.29, 0.717) is 6.20 Å². The highest BCUT2D eigenvalue weighted by atomic mass is 16.7. The molecule has 9 heavy (non-hydrogen) atoms. The Morgan fingerprint density at radius 1 is 1.56 bits per heavy atom. The zero-order chi connectivity index (χ0) is 7.28. The molecule has 0 N–H and O–H groups in total. The summed E-state index contributed by atoms with van der Waals surface area (Å²) < 4.78 is 8.82. The lowest BCUT2D eigenvalue weighted by atomic mass is 10.9. The lowest BCUT2D eigenvalue weighted by molar-refractivity contribution is -0.407. The van der Waals surface area contributed by atoms with Gasteiger partial charge >= 0.3 is 12.1 Å². The summed E-state index contributed by atoms with van der Waals surface area (Å²) >= 11 is 0. The summed E-state index contributed by atoms with van der Waals surface area (Å²) in [6.45, 7) is 0. The monoisotopic (exact) mass is 133 g/mol. The van der Waals surface area contributed by atoms with Gasteiger partial charge in [-0.25, -0.2) is 0 Å². The summed E-state index contributed by atoms with van der Waals surface area (Å²) in [4.78, 5) is 9.05. The summed E-state index contributed by atoms with van der Waals surface area (Å²) in [5, 5.41) is 9.70. The van der Waals surface area contributed by atoms with Crippen LogP contribution < -0.4 is 0 Å². The molecule has 52 valence electrons. The van der Waals surface area contributed by atoms with Gasteiger partial charge in [0.05, 0.1) is 19.1 Å². The van der Waals surface area contributed by atoms with E-state index in [1.165, 1.54) is 14.2 Å². The predicted octanol–water partition coefficient (Wildman–Crippen LogP) is 0.355. The second-order valence-corrected chi connectivity index (χ2v) is 1.14. The van der Waals surface area contributed by atoms with Crippen molar-refractivity contribution in [3.63, 3.8) is 0 Å². The van der Waals surface area contributed by atoms with Crippen molar-refractivity contribution in [2.45, 2.75) is 0 Å². The van der Waals surface area contributed by atoms with Crippen molar-refractivity contribution in [1.29, 1.82) is 0 Å². The Labute approximate surface area is 52.0 Å². The number of rotatable bonds is 3. The van der Waals surface area contributed by atoms with Crippen LogP contribution in [-0.2, 0) is 9.47 Å². The molecule has 5 nitrogen and oxygen atoms in total. The average Bonchev–Trinajstić information content (AvgIpc) is 1.82. The highest BCUT2D eigenvalue weighted by Gasteiger charge is 1.98. The second kappa shape index (κ2) is 3.71. The van der Waals surface area contributed by atoms with E-state index in [0.717, 1.165) is 0 Å². The minimum absolute atomic E-state index is 0.111. The number of hydrogen-bond donors (Lipinski definition) is 0. The highest BCUT2D eigenvalue weighted by molar-refractivity contribution is 4.71. The van der Waals surface area contributed by atoms with Gasteiger partial charge in [0, 0.05) is 0 Å². The van der Waals surface area contributed by atoms with Crippen molar-refractivity contribution in [2.75, 3.05) is 14.2 Å². The molecule has 0 aromatic carbocycles. The molecule has 0 aliphatic carbocycles. The third-order valence-electron chi connectivity index (χ3n) is 0.613. The van der Waals surface area contributed by atoms with Crippen molar-refractivity contribution in [1.82, 2.24) is 0 Å². The van der Waals surface area contributed by atoms with E-state index in [4.69, 9.17) is 0 Å². The van der Waals surface area contributed by atoms with Crippen LogP contribution in [0.2, 0.25) is 0 Å². The number of nitro groups is 1. The Morgan fingerprint density at radius 2 is 2.00 bits per heavy atom. The van der Waals surface area contributed by atoms with E-state index in [9.17, 15) is 10.1 Å². The Morgan fingerprint density at radius 3 is 2.11 bits per heavy atom. The molecule has 0 atom stereocenters.